The van der Waals surface area contributed by atoms with Crippen molar-refractivity contribution in [3.8, 4) is 23.0 Å². The largest absolute Gasteiger partial charge is 0.497 e. The average molecular weight is 479 g/mol. The fourth-order valence-corrected chi connectivity index (χ4v) is 5.33. The standard InChI is InChI=1S/C26H26N2O5S/c1-18-9-5-8-12-25(18)34(29,30)28(23-10-6-7-11-24(23)32-4)17-22-19(2)33-26(27-22)20-13-15-21(31-3)16-14-20/h5-16H,17H2,1-4H3. The summed E-state index contributed by atoms with van der Waals surface area (Å²) in [6.45, 7) is 3.52. The molecule has 176 valence electrons. The maximum Gasteiger partial charge on any atom is 0.265 e. The molecule has 1 heterocycles. The van der Waals surface area contributed by atoms with E-state index in [9.17, 15) is 8.42 Å². The van der Waals surface area contributed by atoms with Gasteiger partial charge in [-0.25, -0.2) is 13.4 Å². The van der Waals surface area contributed by atoms with E-state index in [1.54, 1.807) is 63.4 Å². The molecule has 0 spiro atoms. The maximum atomic E-state index is 13.9. The molecule has 0 aliphatic heterocycles. The van der Waals surface area contributed by atoms with E-state index in [0.717, 1.165) is 11.3 Å². The Morgan fingerprint density at radius 2 is 1.56 bits per heavy atom. The highest BCUT2D eigenvalue weighted by molar-refractivity contribution is 7.92. The van der Waals surface area contributed by atoms with Crippen LogP contribution in [-0.2, 0) is 16.6 Å². The second-order valence-electron chi connectivity index (χ2n) is 7.70. The predicted octanol–water partition coefficient (Wildman–Crippen LogP) is 5.37. The molecular formula is C26H26N2O5S. The molecule has 0 radical (unpaired) electrons. The van der Waals surface area contributed by atoms with Crippen LogP contribution >= 0.6 is 0 Å². The van der Waals surface area contributed by atoms with Gasteiger partial charge in [-0.1, -0.05) is 30.3 Å². The van der Waals surface area contributed by atoms with Crippen LogP contribution in [0.3, 0.4) is 0 Å². The van der Waals surface area contributed by atoms with Crippen LogP contribution in [0, 0.1) is 13.8 Å². The Morgan fingerprint density at radius 3 is 2.24 bits per heavy atom. The Labute approximate surface area is 199 Å². The number of para-hydroxylation sites is 2. The van der Waals surface area contributed by atoms with E-state index in [1.165, 1.54) is 11.4 Å². The molecule has 4 aromatic rings. The van der Waals surface area contributed by atoms with Gasteiger partial charge in [0.15, 0.2) is 0 Å². The third-order valence-corrected chi connectivity index (χ3v) is 7.46. The highest BCUT2D eigenvalue weighted by atomic mass is 32.2. The van der Waals surface area contributed by atoms with Crippen LogP contribution in [0.1, 0.15) is 17.0 Å². The number of nitrogens with zero attached hydrogens (tertiary/aromatic N) is 2. The first kappa shape index (κ1) is 23.4. The van der Waals surface area contributed by atoms with Gasteiger partial charge >= 0.3 is 0 Å². The van der Waals surface area contributed by atoms with E-state index in [1.807, 2.05) is 30.3 Å². The smallest absolute Gasteiger partial charge is 0.265 e. The molecule has 7 nitrogen and oxygen atoms in total. The Hall–Kier alpha value is -3.78. The third-order valence-electron chi connectivity index (χ3n) is 5.54. The van der Waals surface area contributed by atoms with Gasteiger partial charge in [0.25, 0.3) is 10.0 Å². The predicted molar refractivity (Wildman–Crippen MR) is 131 cm³/mol. The first-order valence-electron chi connectivity index (χ1n) is 10.7. The lowest BCUT2D eigenvalue weighted by Gasteiger charge is -2.26. The molecule has 1 aromatic heterocycles. The summed E-state index contributed by atoms with van der Waals surface area (Å²) in [6, 6.07) is 21.2. The molecule has 0 saturated carbocycles. The minimum atomic E-state index is -3.94. The second kappa shape index (κ2) is 9.61. The minimum absolute atomic E-state index is 0.0253. The molecule has 34 heavy (non-hydrogen) atoms. The molecule has 0 bridgehead atoms. The highest BCUT2D eigenvalue weighted by Crippen LogP contribution is 2.35. The Bertz CT molecular complexity index is 1390. The average Bonchev–Trinajstić information content (AvgIpc) is 3.22. The molecular weight excluding hydrogens is 452 g/mol. The number of anilines is 1. The summed E-state index contributed by atoms with van der Waals surface area (Å²) in [5, 5.41) is 0. The zero-order valence-corrected chi connectivity index (χ0v) is 20.3. The summed E-state index contributed by atoms with van der Waals surface area (Å²) in [7, 11) is -0.826. The van der Waals surface area contributed by atoms with E-state index in [4.69, 9.17) is 13.9 Å². The number of aromatic nitrogens is 1. The Morgan fingerprint density at radius 1 is 0.882 bits per heavy atom. The number of sulfonamides is 1. The van der Waals surface area contributed by atoms with Gasteiger partial charge in [-0.15, -0.1) is 0 Å². The molecule has 0 atom stereocenters. The van der Waals surface area contributed by atoms with Crippen molar-refractivity contribution < 1.29 is 22.3 Å². The second-order valence-corrected chi connectivity index (χ2v) is 9.53. The normalized spacial score (nSPS) is 11.3. The van der Waals surface area contributed by atoms with Crippen LogP contribution in [0.2, 0.25) is 0 Å². The molecule has 0 aliphatic rings. The zero-order valence-electron chi connectivity index (χ0n) is 19.5. The van der Waals surface area contributed by atoms with Crippen LogP contribution < -0.4 is 13.8 Å². The lowest BCUT2D eigenvalue weighted by Crippen LogP contribution is -2.31. The molecule has 0 fully saturated rings. The van der Waals surface area contributed by atoms with Crippen molar-refractivity contribution in [3.63, 3.8) is 0 Å². The Kier molecular flexibility index (Phi) is 6.61. The lowest BCUT2D eigenvalue weighted by atomic mass is 10.2. The number of hydrogen-bond donors (Lipinski definition) is 0. The number of methoxy groups -OCH3 is 2. The summed E-state index contributed by atoms with van der Waals surface area (Å²) in [5.41, 5.74) is 2.34. The number of benzene rings is 3. The summed E-state index contributed by atoms with van der Waals surface area (Å²) in [6.07, 6.45) is 0. The van der Waals surface area contributed by atoms with E-state index >= 15 is 0 Å². The first-order chi connectivity index (χ1) is 16.3. The van der Waals surface area contributed by atoms with Crippen molar-refractivity contribution in [1.29, 1.82) is 0 Å². The van der Waals surface area contributed by atoms with Crippen molar-refractivity contribution in [2.24, 2.45) is 0 Å². The van der Waals surface area contributed by atoms with E-state index in [2.05, 4.69) is 4.98 Å². The van der Waals surface area contributed by atoms with Crippen molar-refractivity contribution in [2.45, 2.75) is 25.3 Å². The number of ether oxygens (including phenoxy) is 2. The van der Waals surface area contributed by atoms with Crippen molar-refractivity contribution in [3.05, 3.63) is 89.8 Å². The van der Waals surface area contributed by atoms with E-state index in [-0.39, 0.29) is 11.4 Å². The summed E-state index contributed by atoms with van der Waals surface area (Å²) in [5.74, 6) is 2.10. The third kappa shape index (κ3) is 4.49. The summed E-state index contributed by atoms with van der Waals surface area (Å²) in [4.78, 5) is 4.85. The molecule has 4 rings (SSSR count). The maximum absolute atomic E-state index is 13.9. The van der Waals surface area contributed by atoms with Crippen molar-refractivity contribution in [2.75, 3.05) is 18.5 Å². The van der Waals surface area contributed by atoms with Gasteiger partial charge in [-0.05, 0) is 61.9 Å². The van der Waals surface area contributed by atoms with Gasteiger partial charge in [0.2, 0.25) is 5.89 Å². The Balaban J connectivity index is 1.79. The molecule has 0 saturated heterocycles. The number of rotatable bonds is 8. The molecule has 0 amide bonds. The van der Waals surface area contributed by atoms with Gasteiger partial charge in [0, 0.05) is 5.56 Å². The summed E-state index contributed by atoms with van der Waals surface area (Å²) >= 11 is 0. The van der Waals surface area contributed by atoms with Gasteiger partial charge in [0.1, 0.15) is 23.0 Å². The minimum Gasteiger partial charge on any atom is -0.497 e. The molecule has 0 unspecified atom stereocenters. The fraction of sp³-hybridized carbons (Fsp3) is 0.192. The monoisotopic (exact) mass is 478 g/mol. The SMILES string of the molecule is COc1ccc(-c2nc(CN(c3ccccc3OC)S(=O)(=O)c3ccccc3C)c(C)o2)cc1. The van der Waals surface area contributed by atoms with Gasteiger partial charge in [-0.3, -0.25) is 4.31 Å². The zero-order chi connectivity index (χ0) is 24.3. The van der Waals surface area contributed by atoms with Gasteiger partial charge in [-0.2, -0.15) is 0 Å². The number of aryl methyl sites for hydroxylation is 2. The van der Waals surface area contributed by atoms with Crippen LogP contribution in [0.25, 0.3) is 11.5 Å². The van der Waals surface area contributed by atoms with Crippen molar-refractivity contribution in [1.82, 2.24) is 4.98 Å². The molecule has 8 heteroatoms. The fourth-order valence-electron chi connectivity index (χ4n) is 3.67. The molecule has 0 aliphatic carbocycles. The lowest BCUT2D eigenvalue weighted by molar-refractivity contribution is 0.415. The number of oxazole rings is 1. The summed E-state index contributed by atoms with van der Waals surface area (Å²) < 4.78 is 45.7. The number of hydrogen-bond acceptors (Lipinski definition) is 6. The van der Waals surface area contributed by atoms with E-state index < -0.39 is 10.0 Å². The van der Waals surface area contributed by atoms with Crippen LogP contribution in [0.5, 0.6) is 11.5 Å². The molecule has 0 N–H and O–H groups in total. The highest BCUT2D eigenvalue weighted by Gasteiger charge is 2.30. The van der Waals surface area contributed by atoms with Crippen LogP contribution in [0.4, 0.5) is 5.69 Å². The van der Waals surface area contributed by atoms with E-state index in [0.29, 0.717) is 34.3 Å². The van der Waals surface area contributed by atoms with Gasteiger partial charge in [0.05, 0.1) is 31.3 Å². The van der Waals surface area contributed by atoms with Crippen LogP contribution in [0.15, 0.2) is 82.1 Å². The topological polar surface area (TPSA) is 81.9 Å². The quantitative estimate of drug-likeness (QED) is 0.339. The first-order valence-corrected chi connectivity index (χ1v) is 12.1. The molecule has 3 aromatic carbocycles. The van der Waals surface area contributed by atoms with Gasteiger partial charge < -0.3 is 13.9 Å². The van der Waals surface area contributed by atoms with Crippen molar-refractivity contribution >= 4 is 15.7 Å². The van der Waals surface area contributed by atoms with Crippen LogP contribution in [-0.4, -0.2) is 27.6 Å².